The highest BCUT2D eigenvalue weighted by Gasteiger charge is 2.24. The Morgan fingerprint density at radius 1 is 1.00 bits per heavy atom. The molecule has 0 fully saturated rings. The van der Waals surface area contributed by atoms with Crippen molar-refractivity contribution in [3.63, 3.8) is 0 Å². The Morgan fingerprint density at radius 2 is 1.67 bits per heavy atom. The van der Waals surface area contributed by atoms with Gasteiger partial charge in [0.05, 0.1) is 25.5 Å². The molecule has 0 heterocycles. The number of hydrogen-bond donors (Lipinski definition) is 2. The normalized spacial score (nSPS) is 11.2. The highest BCUT2D eigenvalue weighted by Crippen LogP contribution is 2.17. The number of carbonyl (C=O) groups is 3. The maximum Gasteiger partial charge on any atom is 0.328 e. The molecule has 2 rings (SSSR count). The predicted molar refractivity (Wildman–Crippen MR) is 101 cm³/mol. The van der Waals surface area contributed by atoms with Crippen LogP contribution in [-0.4, -0.2) is 38.0 Å². The Kier molecular flexibility index (Phi) is 6.93. The largest absolute Gasteiger partial charge is 0.497 e. The molecule has 7 nitrogen and oxygen atoms in total. The number of benzene rings is 2. The van der Waals surface area contributed by atoms with Crippen LogP contribution in [0, 0.1) is 0 Å². The average Bonchev–Trinajstić information content (AvgIpc) is 2.67. The zero-order valence-electron chi connectivity index (χ0n) is 15.4. The second-order valence-corrected chi connectivity index (χ2v) is 5.83. The van der Waals surface area contributed by atoms with Crippen LogP contribution in [0.3, 0.4) is 0 Å². The first kappa shape index (κ1) is 20.0. The second-order valence-electron chi connectivity index (χ2n) is 5.83. The molecular formula is C20H22N2O5. The number of para-hydroxylation sites is 1. The van der Waals surface area contributed by atoms with Crippen molar-refractivity contribution in [2.24, 2.45) is 0 Å². The molecule has 0 radical (unpaired) electrons. The summed E-state index contributed by atoms with van der Waals surface area (Å²) in [5, 5.41) is 5.28. The molecule has 0 unspecified atom stereocenters. The molecule has 2 aromatic rings. The second kappa shape index (κ2) is 9.38. The summed E-state index contributed by atoms with van der Waals surface area (Å²) in [6.45, 7) is 1.36. The van der Waals surface area contributed by atoms with Gasteiger partial charge in [0.2, 0.25) is 5.91 Å². The number of ether oxygens (including phenoxy) is 2. The Morgan fingerprint density at radius 3 is 2.26 bits per heavy atom. The van der Waals surface area contributed by atoms with Gasteiger partial charge in [-0.15, -0.1) is 0 Å². The number of carbonyl (C=O) groups excluding carboxylic acids is 3. The van der Waals surface area contributed by atoms with Gasteiger partial charge in [0.25, 0.3) is 5.91 Å². The van der Waals surface area contributed by atoms with Crippen molar-refractivity contribution in [1.82, 2.24) is 5.32 Å². The minimum absolute atomic E-state index is 0.255. The SMILES string of the molecule is COC(=O)[C@@H](Cc1ccc(OC)cc1)NC(=O)c1ccccc1NC(C)=O. The Bertz CT molecular complexity index is 817. The van der Waals surface area contributed by atoms with Crippen LogP contribution < -0.4 is 15.4 Å². The minimum Gasteiger partial charge on any atom is -0.497 e. The van der Waals surface area contributed by atoms with Crippen LogP contribution in [0.25, 0.3) is 0 Å². The first-order valence-electron chi connectivity index (χ1n) is 8.32. The predicted octanol–water partition coefficient (Wildman–Crippen LogP) is 2.17. The molecule has 2 aromatic carbocycles. The maximum absolute atomic E-state index is 12.7. The molecule has 0 bridgehead atoms. The fraction of sp³-hybridized carbons (Fsp3) is 0.250. The van der Waals surface area contributed by atoms with Gasteiger partial charge < -0.3 is 20.1 Å². The molecule has 0 spiro atoms. The fourth-order valence-electron chi connectivity index (χ4n) is 2.55. The van der Waals surface area contributed by atoms with E-state index in [4.69, 9.17) is 9.47 Å². The molecule has 7 heteroatoms. The zero-order valence-corrected chi connectivity index (χ0v) is 15.4. The topological polar surface area (TPSA) is 93.7 Å². The highest BCUT2D eigenvalue weighted by atomic mass is 16.5. The highest BCUT2D eigenvalue weighted by molar-refractivity contribution is 6.04. The third-order valence-corrected chi connectivity index (χ3v) is 3.87. The molecule has 2 amide bonds. The lowest BCUT2D eigenvalue weighted by Crippen LogP contribution is -2.43. The smallest absolute Gasteiger partial charge is 0.328 e. The van der Waals surface area contributed by atoms with Crippen molar-refractivity contribution in [2.45, 2.75) is 19.4 Å². The molecular weight excluding hydrogens is 348 g/mol. The van der Waals surface area contributed by atoms with Gasteiger partial charge in [0, 0.05) is 13.3 Å². The van der Waals surface area contributed by atoms with E-state index < -0.39 is 17.9 Å². The summed E-state index contributed by atoms with van der Waals surface area (Å²) in [7, 11) is 2.83. The van der Waals surface area contributed by atoms with Gasteiger partial charge in [-0.1, -0.05) is 24.3 Å². The third kappa shape index (κ3) is 5.57. The van der Waals surface area contributed by atoms with Crippen LogP contribution in [0.5, 0.6) is 5.75 Å². The summed E-state index contributed by atoms with van der Waals surface area (Å²) in [6, 6.07) is 12.9. The average molecular weight is 370 g/mol. The number of nitrogens with one attached hydrogen (secondary N) is 2. The summed E-state index contributed by atoms with van der Waals surface area (Å²) in [5.74, 6) is -0.640. The number of hydrogen-bond acceptors (Lipinski definition) is 5. The van der Waals surface area contributed by atoms with Gasteiger partial charge >= 0.3 is 5.97 Å². The van der Waals surface area contributed by atoms with Crippen molar-refractivity contribution < 1.29 is 23.9 Å². The summed E-state index contributed by atoms with van der Waals surface area (Å²) >= 11 is 0. The maximum atomic E-state index is 12.7. The summed E-state index contributed by atoms with van der Waals surface area (Å²) < 4.78 is 9.93. The van der Waals surface area contributed by atoms with E-state index in [-0.39, 0.29) is 17.9 Å². The first-order valence-corrected chi connectivity index (χ1v) is 8.32. The number of amides is 2. The van der Waals surface area contributed by atoms with Crippen LogP contribution >= 0.6 is 0 Å². The van der Waals surface area contributed by atoms with Crippen LogP contribution in [0.1, 0.15) is 22.8 Å². The Balaban J connectivity index is 2.19. The molecule has 2 N–H and O–H groups in total. The quantitative estimate of drug-likeness (QED) is 0.729. The molecule has 0 aromatic heterocycles. The Labute approximate surface area is 157 Å². The van der Waals surface area contributed by atoms with Crippen molar-refractivity contribution in [3.8, 4) is 5.75 Å². The monoisotopic (exact) mass is 370 g/mol. The molecule has 142 valence electrons. The molecule has 0 saturated heterocycles. The van der Waals surface area contributed by atoms with Crippen LogP contribution in [0.4, 0.5) is 5.69 Å². The van der Waals surface area contributed by atoms with E-state index in [1.165, 1.54) is 14.0 Å². The van der Waals surface area contributed by atoms with Crippen LogP contribution in [-0.2, 0) is 20.7 Å². The van der Waals surface area contributed by atoms with Gasteiger partial charge in [-0.3, -0.25) is 9.59 Å². The molecule has 0 saturated carbocycles. The van der Waals surface area contributed by atoms with Gasteiger partial charge in [-0.25, -0.2) is 4.79 Å². The first-order chi connectivity index (χ1) is 12.9. The number of rotatable bonds is 7. The lowest BCUT2D eigenvalue weighted by molar-refractivity contribution is -0.142. The van der Waals surface area contributed by atoms with Crippen molar-refractivity contribution in [2.75, 3.05) is 19.5 Å². The number of anilines is 1. The lowest BCUT2D eigenvalue weighted by atomic mass is 10.0. The zero-order chi connectivity index (χ0) is 19.8. The summed E-state index contributed by atoms with van der Waals surface area (Å²) in [5.41, 5.74) is 1.47. The van der Waals surface area contributed by atoms with Gasteiger partial charge in [0.15, 0.2) is 0 Å². The standard InChI is InChI=1S/C20H22N2O5/c1-13(23)21-17-7-5-4-6-16(17)19(24)22-18(20(25)27-3)12-14-8-10-15(26-2)11-9-14/h4-11,18H,12H2,1-3H3,(H,21,23)(H,22,24)/t18-/m1/s1. The summed E-state index contributed by atoms with van der Waals surface area (Å²) in [6.07, 6.45) is 0.255. The van der Waals surface area contributed by atoms with E-state index in [1.807, 2.05) is 12.1 Å². The minimum atomic E-state index is -0.874. The van der Waals surface area contributed by atoms with Crippen LogP contribution in [0.15, 0.2) is 48.5 Å². The number of esters is 1. The van der Waals surface area contributed by atoms with Crippen molar-refractivity contribution >= 4 is 23.5 Å². The molecule has 0 aliphatic carbocycles. The van der Waals surface area contributed by atoms with Gasteiger partial charge in [-0.2, -0.15) is 0 Å². The van der Waals surface area contributed by atoms with E-state index in [0.717, 1.165) is 5.56 Å². The van der Waals surface area contributed by atoms with Crippen LogP contribution in [0.2, 0.25) is 0 Å². The van der Waals surface area contributed by atoms with E-state index in [0.29, 0.717) is 11.4 Å². The summed E-state index contributed by atoms with van der Waals surface area (Å²) in [4.78, 5) is 36.1. The number of methoxy groups -OCH3 is 2. The van der Waals surface area contributed by atoms with Gasteiger partial charge in [-0.05, 0) is 29.8 Å². The lowest BCUT2D eigenvalue weighted by Gasteiger charge is -2.18. The van der Waals surface area contributed by atoms with Crippen molar-refractivity contribution in [3.05, 3.63) is 59.7 Å². The van der Waals surface area contributed by atoms with E-state index >= 15 is 0 Å². The Hall–Kier alpha value is -3.35. The molecule has 0 aliphatic rings. The van der Waals surface area contributed by atoms with Crippen molar-refractivity contribution in [1.29, 1.82) is 0 Å². The van der Waals surface area contributed by atoms with E-state index in [9.17, 15) is 14.4 Å². The molecule has 27 heavy (non-hydrogen) atoms. The molecule has 0 aliphatic heterocycles. The fourth-order valence-corrected chi connectivity index (χ4v) is 2.55. The van der Waals surface area contributed by atoms with E-state index in [2.05, 4.69) is 10.6 Å². The van der Waals surface area contributed by atoms with E-state index in [1.54, 1.807) is 43.5 Å². The third-order valence-electron chi connectivity index (χ3n) is 3.87. The molecule has 1 atom stereocenters. The van der Waals surface area contributed by atoms with Gasteiger partial charge in [0.1, 0.15) is 11.8 Å².